The van der Waals surface area contributed by atoms with Crippen LogP contribution < -0.4 is 16.1 Å². The number of amides is 2. The van der Waals surface area contributed by atoms with E-state index in [0.717, 1.165) is 0 Å². The Morgan fingerprint density at radius 1 is 1.27 bits per heavy atom. The SMILES string of the molecule is NC(=O)[C@H]1CC(C(=O)Nc2nc(-c3cc(Cl)sc3Cl)cs2)=NN1c1ccc(F)cc1. The number of nitrogens with zero attached hydrogens (tertiary/aromatic N) is 3. The number of hydrazone groups is 1. The molecule has 7 nitrogen and oxygen atoms in total. The molecule has 2 amide bonds. The molecule has 12 heteroatoms. The topological polar surface area (TPSA) is 101 Å². The molecule has 1 aromatic carbocycles. The molecule has 1 aliphatic rings. The van der Waals surface area contributed by atoms with Gasteiger partial charge in [-0.25, -0.2) is 9.37 Å². The van der Waals surface area contributed by atoms with Crippen molar-refractivity contribution in [1.82, 2.24) is 4.98 Å². The van der Waals surface area contributed by atoms with Crippen molar-refractivity contribution in [2.45, 2.75) is 12.5 Å². The van der Waals surface area contributed by atoms with Gasteiger partial charge in [-0.3, -0.25) is 19.9 Å². The molecule has 0 fully saturated rings. The Labute approximate surface area is 187 Å². The van der Waals surface area contributed by atoms with Gasteiger partial charge in [0.25, 0.3) is 5.91 Å². The molecular formula is C18H12Cl2FN5O2S2. The highest BCUT2D eigenvalue weighted by Gasteiger charge is 2.35. The Morgan fingerprint density at radius 3 is 2.63 bits per heavy atom. The standard InChI is InChI=1S/C18H12Cl2FN5O2S2/c19-14-5-10(15(20)30-14)12-7-29-18(23-12)24-17(28)11-6-13(16(22)27)26(25-11)9-3-1-8(21)2-4-9/h1-5,7,13H,6H2,(H2,22,27)(H,23,24,28)/t13-/m1/s1. The fourth-order valence-corrected chi connectivity index (χ4v) is 5.03. The molecule has 0 spiro atoms. The maximum absolute atomic E-state index is 13.2. The zero-order valence-electron chi connectivity index (χ0n) is 14.9. The number of thiazole rings is 1. The van der Waals surface area contributed by atoms with Crippen molar-refractivity contribution in [3.8, 4) is 11.3 Å². The van der Waals surface area contributed by atoms with Crippen LogP contribution >= 0.6 is 45.9 Å². The highest BCUT2D eigenvalue weighted by molar-refractivity contribution is 7.20. The van der Waals surface area contributed by atoms with Crippen LogP contribution in [0.15, 0.2) is 40.8 Å². The summed E-state index contributed by atoms with van der Waals surface area (Å²) in [4.78, 5) is 28.9. The number of benzene rings is 1. The Hall–Kier alpha value is -2.53. The molecule has 0 saturated carbocycles. The molecule has 0 bridgehead atoms. The summed E-state index contributed by atoms with van der Waals surface area (Å²) >= 11 is 14.6. The van der Waals surface area contributed by atoms with Crippen LogP contribution in [-0.4, -0.2) is 28.6 Å². The van der Waals surface area contributed by atoms with Crippen molar-refractivity contribution >= 4 is 74.2 Å². The van der Waals surface area contributed by atoms with Crippen LogP contribution in [0.25, 0.3) is 11.3 Å². The normalized spacial score (nSPS) is 15.9. The highest BCUT2D eigenvalue weighted by atomic mass is 35.5. The second-order valence-electron chi connectivity index (χ2n) is 6.22. The largest absolute Gasteiger partial charge is 0.368 e. The summed E-state index contributed by atoms with van der Waals surface area (Å²) in [7, 11) is 0. The molecule has 3 heterocycles. The average Bonchev–Trinajstić information content (AvgIpc) is 3.40. The first-order valence-electron chi connectivity index (χ1n) is 8.45. The summed E-state index contributed by atoms with van der Waals surface area (Å²) in [6, 6.07) is 6.24. The van der Waals surface area contributed by atoms with E-state index in [4.69, 9.17) is 28.9 Å². The minimum absolute atomic E-state index is 0.0166. The smallest absolute Gasteiger partial charge is 0.273 e. The lowest BCUT2D eigenvalue weighted by Crippen LogP contribution is -2.39. The minimum Gasteiger partial charge on any atom is -0.368 e. The van der Waals surface area contributed by atoms with Crippen molar-refractivity contribution in [3.63, 3.8) is 0 Å². The Balaban J connectivity index is 1.53. The maximum atomic E-state index is 13.2. The summed E-state index contributed by atoms with van der Waals surface area (Å²) < 4.78 is 14.2. The number of carbonyl (C=O) groups excluding carboxylic acids is 2. The van der Waals surface area contributed by atoms with Crippen LogP contribution in [0.2, 0.25) is 8.67 Å². The van der Waals surface area contributed by atoms with Gasteiger partial charge in [0.1, 0.15) is 21.9 Å². The lowest BCUT2D eigenvalue weighted by molar-refractivity contribution is -0.119. The third-order valence-corrected chi connectivity index (χ3v) is 6.49. The summed E-state index contributed by atoms with van der Waals surface area (Å²) in [5.41, 5.74) is 7.28. The number of carbonyl (C=O) groups is 2. The lowest BCUT2D eigenvalue weighted by atomic mass is 10.1. The van der Waals surface area contributed by atoms with E-state index in [9.17, 15) is 14.0 Å². The number of primary amides is 1. The summed E-state index contributed by atoms with van der Waals surface area (Å²) in [5.74, 6) is -1.59. The maximum Gasteiger partial charge on any atom is 0.273 e. The van der Waals surface area contributed by atoms with Gasteiger partial charge in [0.2, 0.25) is 5.91 Å². The number of halogens is 3. The van der Waals surface area contributed by atoms with Crippen LogP contribution in [0.3, 0.4) is 0 Å². The number of anilines is 2. The molecule has 3 N–H and O–H groups in total. The molecule has 0 unspecified atom stereocenters. The van der Waals surface area contributed by atoms with Crippen molar-refractivity contribution in [3.05, 3.63) is 50.2 Å². The zero-order chi connectivity index (χ0) is 21.4. The first-order chi connectivity index (χ1) is 14.3. The number of nitrogens with two attached hydrogens (primary N) is 1. The summed E-state index contributed by atoms with van der Waals surface area (Å²) in [6.07, 6.45) is 0.0166. The molecule has 0 aliphatic carbocycles. The molecule has 30 heavy (non-hydrogen) atoms. The molecule has 1 atom stereocenters. The number of hydrogen-bond acceptors (Lipinski definition) is 7. The number of thiophene rings is 1. The van der Waals surface area contributed by atoms with E-state index in [1.807, 2.05) is 0 Å². The summed E-state index contributed by atoms with van der Waals surface area (Å²) in [5, 5.41) is 10.3. The van der Waals surface area contributed by atoms with Crippen LogP contribution in [0.4, 0.5) is 15.2 Å². The summed E-state index contributed by atoms with van der Waals surface area (Å²) in [6.45, 7) is 0. The van der Waals surface area contributed by atoms with Gasteiger partial charge in [0.05, 0.1) is 15.7 Å². The average molecular weight is 484 g/mol. The highest BCUT2D eigenvalue weighted by Crippen LogP contribution is 2.39. The van der Waals surface area contributed by atoms with Crippen LogP contribution in [0, 0.1) is 5.82 Å². The van der Waals surface area contributed by atoms with Crippen molar-refractivity contribution in [2.24, 2.45) is 10.8 Å². The van der Waals surface area contributed by atoms with Gasteiger partial charge in [-0.15, -0.1) is 22.7 Å². The van der Waals surface area contributed by atoms with E-state index in [2.05, 4.69) is 15.4 Å². The van der Waals surface area contributed by atoms with Crippen molar-refractivity contribution < 1.29 is 14.0 Å². The van der Waals surface area contributed by atoms with E-state index >= 15 is 0 Å². The Bertz CT molecular complexity index is 1160. The second kappa shape index (κ2) is 8.31. The first kappa shape index (κ1) is 20.7. The van der Waals surface area contributed by atoms with E-state index in [1.165, 1.54) is 51.9 Å². The lowest BCUT2D eigenvalue weighted by Gasteiger charge is -2.20. The number of nitrogens with one attached hydrogen (secondary N) is 1. The molecule has 3 aromatic rings. The zero-order valence-corrected chi connectivity index (χ0v) is 18.1. The quantitative estimate of drug-likeness (QED) is 0.562. The fraction of sp³-hybridized carbons (Fsp3) is 0.111. The molecular weight excluding hydrogens is 472 g/mol. The van der Waals surface area contributed by atoms with Gasteiger partial charge >= 0.3 is 0 Å². The first-order valence-corrected chi connectivity index (χ1v) is 10.9. The monoisotopic (exact) mass is 483 g/mol. The molecule has 0 radical (unpaired) electrons. The molecule has 154 valence electrons. The van der Waals surface area contributed by atoms with E-state index < -0.39 is 23.7 Å². The number of aromatic nitrogens is 1. The fourth-order valence-electron chi connectivity index (χ4n) is 2.84. The van der Waals surface area contributed by atoms with Gasteiger partial charge in [0.15, 0.2) is 5.13 Å². The van der Waals surface area contributed by atoms with Crippen molar-refractivity contribution in [2.75, 3.05) is 10.3 Å². The van der Waals surface area contributed by atoms with Gasteiger partial charge < -0.3 is 5.73 Å². The van der Waals surface area contributed by atoms with Crippen LogP contribution in [0.5, 0.6) is 0 Å². The third kappa shape index (κ3) is 4.17. The van der Waals surface area contributed by atoms with E-state index in [1.54, 1.807) is 11.4 Å². The van der Waals surface area contributed by atoms with E-state index in [0.29, 0.717) is 30.7 Å². The van der Waals surface area contributed by atoms with Crippen LogP contribution in [0.1, 0.15) is 6.42 Å². The Kier molecular flexibility index (Phi) is 5.74. The predicted molar refractivity (Wildman–Crippen MR) is 118 cm³/mol. The van der Waals surface area contributed by atoms with Gasteiger partial charge in [-0.1, -0.05) is 23.2 Å². The number of rotatable bonds is 5. The minimum atomic E-state index is -0.852. The van der Waals surface area contributed by atoms with Gasteiger partial charge in [0, 0.05) is 17.4 Å². The Morgan fingerprint density at radius 2 is 2.00 bits per heavy atom. The van der Waals surface area contributed by atoms with Crippen molar-refractivity contribution in [1.29, 1.82) is 0 Å². The molecule has 2 aromatic heterocycles. The van der Waals surface area contributed by atoms with E-state index in [-0.39, 0.29) is 12.1 Å². The molecule has 0 saturated heterocycles. The van der Waals surface area contributed by atoms with Crippen LogP contribution in [-0.2, 0) is 9.59 Å². The second-order valence-corrected chi connectivity index (χ2v) is 9.36. The molecule has 1 aliphatic heterocycles. The third-order valence-electron chi connectivity index (χ3n) is 4.25. The molecule has 4 rings (SSSR count). The number of hydrogen-bond donors (Lipinski definition) is 2. The van der Waals surface area contributed by atoms with Gasteiger partial charge in [-0.2, -0.15) is 5.10 Å². The predicted octanol–water partition coefficient (Wildman–Crippen LogP) is 4.38. The van der Waals surface area contributed by atoms with Gasteiger partial charge in [-0.05, 0) is 30.3 Å².